The lowest BCUT2D eigenvalue weighted by molar-refractivity contribution is -0.143. The molecule has 3 nitrogen and oxygen atoms in total. The molecule has 0 spiro atoms. The van der Waals surface area contributed by atoms with Crippen molar-refractivity contribution >= 4 is 5.97 Å². The molecule has 0 saturated carbocycles. The average Bonchev–Trinajstić information content (AvgIpc) is 2.28. The van der Waals surface area contributed by atoms with E-state index in [9.17, 15) is 18.0 Å². The number of benzene rings is 1. The van der Waals surface area contributed by atoms with Crippen LogP contribution in [0, 0.1) is 11.3 Å². The molecule has 0 radical (unpaired) electrons. The van der Waals surface area contributed by atoms with Gasteiger partial charge in [-0.15, -0.1) is 0 Å². The van der Waals surface area contributed by atoms with E-state index in [2.05, 4.69) is 4.74 Å². The maximum absolute atomic E-state index is 12.7. The van der Waals surface area contributed by atoms with Crippen LogP contribution in [0.2, 0.25) is 0 Å². The molecule has 0 N–H and O–H groups in total. The summed E-state index contributed by atoms with van der Waals surface area (Å²) in [5, 5.41) is 8.58. The van der Waals surface area contributed by atoms with Gasteiger partial charge in [0, 0.05) is 0 Å². The number of hydrogen-bond donors (Lipinski definition) is 0. The summed E-state index contributed by atoms with van der Waals surface area (Å²) in [6.07, 6.45) is -5.07. The van der Waals surface area contributed by atoms with Crippen molar-refractivity contribution in [3.05, 3.63) is 34.9 Å². The molecule has 6 heteroatoms. The van der Waals surface area contributed by atoms with Gasteiger partial charge in [-0.2, -0.15) is 18.4 Å². The Bertz CT molecular complexity index is 489. The fourth-order valence-electron chi connectivity index (χ4n) is 1.43. The van der Waals surface area contributed by atoms with Gasteiger partial charge in [-0.3, -0.25) is 4.79 Å². The summed E-state index contributed by atoms with van der Waals surface area (Å²) in [4.78, 5) is 11.2. The lowest BCUT2D eigenvalue weighted by Gasteiger charge is -2.12. The summed E-state index contributed by atoms with van der Waals surface area (Å²) in [6.45, 7) is 1.68. The molecule has 96 valence electrons. The molecule has 0 unspecified atom stereocenters. The number of carbonyl (C=O) groups is 1. The van der Waals surface area contributed by atoms with Crippen molar-refractivity contribution in [2.45, 2.75) is 19.5 Å². The van der Waals surface area contributed by atoms with Gasteiger partial charge in [0.2, 0.25) is 0 Å². The Morgan fingerprint density at radius 2 is 2.11 bits per heavy atom. The zero-order valence-electron chi connectivity index (χ0n) is 9.54. The van der Waals surface area contributed by atoms with E-state index in [0.717, 1.165) is 12.1 Å². The number of rotatable bonds is 3. The molecule has 0 heterocycles. The smallest absolute Gasteiger partial charge is 0.416 e. The standard InChI is InChI=1S/C12H10F3NO2/c1-2-18-11(17)6-9-4-3-8(7-16)5-10(9)12(13,14)15/h3-5H,2,6H2,1H3. The third kappa shape index (κ3) is 3.48. The average molecular weight is 257 g/mol. The predicted molar refractivity (Wildman–Crippen MR) is 56.5 cm³/mol. The molecule has 0 fully saturated rings. The first-order chi connectivity index (χ1) is 8.38. The van der Waals surface area contributed by atoms with Crippen molar-refractivity contribution in [1.29, 1.82) is 5.26 Å². The van der Waals surface area contributed by atoms with Crippen molar-refractivity contribution in [2.24, 2.45) is 0 Å². The molecule has 0 aliphatic carbocycles. The van der Waals surface area contributed by atoms with Gasteiger partial charge in [-0.1, -0.05) is 6.07 Å². The van der Waals surface area contributed by atoms with Crippen molar-refractivity contribution in [1.82, 2.24) is 0 Å². The lowest BCUT2D eigenvalue weighted by atomic mass is 10.0. The van der Waals surface area contributed by atoms with Crippen LogP contribution in [0.15, 0.2) is 18.2 Å². The van der Waals surface area contributed by atoms with E-state index in [1.54, 1.807) is 13.0 Å². The van der Waals surface area contributed by atoms with Gasteiger partial charge in [0.05, 0.1) is 30.2 Å². The minimum absolute atomic E-state index is 0.102. The Balaban J connectivity index is 3.12. The van der Waals surface area contributed by atoms with E-state index >= 15 is 0 Å². The quantitative estimate of drug-likeness (QED) is 0.782. The van der Waals surface area contributed by atoms with Crippen molar-refractivity contribution in [3.8, 4) is 6.07 Å². The van der Waals surface area contributed by atoms with Crippen molar-refractivity contribution < 1.29 is 22.7 Å². The summed E-state index contributed by atoms with van der Waals surface area (Å²) in [7, 11) is 0. The summed E-state index contributed by atoms with van der Waals surface area (Å²) in [5.41, 5.74) is -1.27. The van der Waals surface area contributed by atoms with Crippen molar-refractivity contribution in [2.75, 3.05) is 6.61 Å². The zero-order valence-corrected chi connectivity index (χ0v) is 9.54. The molecule has 1 rings (SSSR count). The number of nitriles is 1. The van der Waals surface area contributed by atoms with Gasteiger partial charge in [0.1, 0.15) is 0 Å². The second kappa shape index (κ2) is 5.54. The maximum atomic E-state index is 12.7. The molecule has 0 saturated heterocycles. The number of ether oxygens (including phenoxy) is 1. The second-order valence-corrected chi connectivity index (χ2v) is 3.46. The number of halogens is 3. The third-order valence-corrected chi connectivity index (χ3v) is 2.18. The van der Waals surface area contributed by atoms with E-state index in [4.69, 9.17) is 5.26 Å². The Morgan fingerprint density at radius 3 is 2.61 bits per heavy atom. The summed E-state index contributed by atoms with van der Waals surface area (Å²) >= 11 is 0. The van der Waals surface area contributed by atoms with E-state index in [1.807, 2.05) is 0 Å². The molecular formula is C12H10F3NO2. The molecule has 1 aromatic rings. The topological polar surface area (TPSA) is 50.1 Å². The zero-order chi connectivity index (χ0) is 13.8. The number of alkyl halides is 3. The molecule has 0 aliphatic heterocycles. The number of hydrogen-bond acceptors (Lipinski definition) is 3. The molecule has 0 amide bonds. The van der Waals surface area contributed by atoms with Crippen molar-refractivity contribution in [3.63, 3.8) is 0 Å². The lowest BCUT2D eigenvalue weighted by Crippen LogP contribution is -2.14. The van der Waals surface area contributed by atoms with E-state index < -0.39 is 24.1 Å². The predicted octanol–water partition coefficient (Wildman–Crippen LogP) is 2.68. The van der Waals surface area contributed by atoms with Crippen LogP contribution < -0.4 is 0 Å². The second-order valence-electron chi connectivity index (χ2n) is 3.46. The van der Waals surface area contributed by atoms with Crippen LogP contribution in [0.1, 0.15) is 23.6 Å². The van der Waals surface area contributed by atoms with Crippen LogP contribution in [0.25, 0.3) is 0 Å². The van der Waals surface area contributed by atoms with Crippen LogP contribution >= 0.6 is 0 Å². The molecule has 0 aliphatic rings. The maximum Gasteiger partial charge on any atom is 0.416 e. The SMILES string of the molecule is CCOC(=O)Cc1ccc(C#N)cc1C(F)(F)F. The van der Waals surface area contributed by atoms with Gasteiger partial charge in [-0.25, -0.2) is 0 Å². The van der Waals surface area contributed by atoms with Crippen LogP contribution in [0.5, 0.6) is 0 Å². The largest absolute Gasteiger partial charge is 0.466 e. The minimum atomic E-state index is -4.60. The van der Waals surface area contributed by atoms with E-state index in [0.29, 0.717) is 0 Å². The minimum Gasteiger partial charge on any atom is -0.466 e. The first-order valence-electron chi connectivity index (χ1n) is 5.14. The molecule has 0 aromatic heterocycles. The number of nitrogens with zero attached hydrogens (tertiary/aromatic N) is 1. The highest BCUT2D eigenvalue weighted by molar-refractivity contribution is 5.73. The van der Waals surface area contributed by atoms with Gasteiger partial charge < -0.3 is 4.74 Å². The van der Waals surface area contributed by atoms with Crippen LogP contribution in [-0.2, 0) is 22.1 Å². The van der Waals surface area contributed by atoms with Crippen LogP contribution in [-0.4, -0.2) is 12.6 Å². The monoisotopic (exact) mass is 257 g/mol. The summed E-state index contributed by atoms with van der Waals surface area (Å²) < 4.78 is 42.8. The third-order valence-electron chi connectivity index (χ3n) is 2.18. The normalized spacial score (nSPS) is 10.8. The Hall–Kier alpha value is -2.03. The first kappa shape index (κ1) is 14.0. The van der Waals surface area contributed by atoms with E-state index in [-0.39, 0.29) is 17.7 Å². The fourth-order valence-corrected chi connectivity index (χ4v) is 1.43. The molecule has 0 atom stereocenters. The highest BCUT2D eigenvalue weighted by Gasteiger charge is 2.34. The highest BCUT2D eigenvalue weighted by Crippen LogP contribution is 2.33. The van der Waals surface area contributed by atoms with Gasteiger partial charge in [0.15, 0.2) is 0 Å². The number of esters is 1. The molecular weight excluding hydrogens is 247 g/mol. The summed E-state index contributed by atoms with van der Waals surface area (Å²) in [5.74, 6) is -0.729. The molecule has 1 aromatic carbocycles. The van der Waals surface area contributed by atoms with Crippen LogP contribution in [0.4, 0.5) is 13.2 Å². The highest BCUT2D eigenvalue weighted by atomic mass is 19.4. The van der Waals surface area contributed by atoms with E-state index in [1.165, 1.54) is 6.07 Å². The first-order valence-corrected chi connectivity index (χ1v) is 5.14. The summed E-state index contributed by atoms with van der Waals surface area (Å²) in [6, 6.07) is 4.72. The van der Waals surface area contributed by atoms with Crippen LogP contribution in [0.3, 0.4) is 0 Å². The Kier molecular flexibility index (Phi) is 4.32. The molecule has 18 heavy (non-hydrogen) atoms. The van der Waals surface area contributed by atoms with Gasteiger partial charge in [-0.05, 0) is 24.6 Å². The number of carbonyl (C=O) groups excluding carboxylic acids is 1. The molecule has 0 bridgehead atoms. The Morgan fingerprint density at radius 1 is 1.44 bits per heavy atom. The Labute approximate surface area is 102 Å². The van der Waals surface area contributed by atoms with Gasteiger partial charge >= 0.3 is 12.1 Å². The fraction of sp³-hybridized carbons (Fsp3) is 0.333. The van der Waals surface area contributed by atoms with Gasteiger partial charge in [0.25, 0.3) is 0 Å².